The van der Waals surface area contributed by atoms with E-state index in [-0.39, 0.29) is 22.0 Å². The largest absolute Gasteiger partial charge is 0.360 e. The average molecular weight is 434 g/mol. The summed E-state index contributed by atoms with van der Waals surface area (Å²) >= 11 is 5.98. The molecule has 3 rings (SSSR count). The molecule has 0 atom stereocenters. The number of nitriles is 1. The van der Waals surface area contributed by atoms with Gasteiger partial charge in [-0.05, 0) is 42.5 Å². The average Bonchev–Trinajstić information content (AvgIpc) is 2.77. The number of nitro groups is 1. The van der Waals surface area contributed by atoms with Crippen molar-refractivity contribution in [2.24, 2.45) is 0 Å². The molecule has 0 unspecified atom stereocenters. The maximum atomic E-state index is 12.4. The van der Waals surface area contributed by atoms with Crippen molar-refractivity contribution in [1.82, 2.24) is 0 Å². The topological polar surface area (TPSA) is 120 Å². The molecule has 1 amide bonds. The molecule has 0 aliphatic carbocycles. The van der Waals surface area contributed by atoms with E-state index in [1.807, 2.05) is 42.5 Å². The lowest BCUT2D eigenvalue weighted by molar-refractivity contribution is -0.384. The Kier molecular flexibility index (Phi) is 6.83. The van der Waals surface area contributed by atoms with Crippen molar-refractivity contribution >= 4 is 45.9 Å². The van der Waals surface area contributed by atoms with Crippen molar-refractivity contribution in [3.8, 4) is 6.07 Å². The number of anilines is 4. The lowest BCUT2D eigenvalue weighted by atomic mass is 10.2. The number of carbonyl (C=O) groups excluding carboxylic acids is 1. The van der Waals surface area contributed by atoms with E-state index >= 15 is 0 Å². The number of amides is 1. The summed E-state index contributed by atoms with van der Waals surface area (Å²) < 4.78 is 0. The number of hydrogen-bond acceptors (Lipinski definition) is 6. The normalized spacial score (nSPS) is 10.6. The zero-order valence-corrected chi connectivity index (χ0v) is 16.8. The van der Waals surface area contributed by atoms with E-state index in [2.05, 4.69) is 16.0 Å². The molecular weight excluding hydrogens is 418 g/mol. The van der Waals surface area contributed by atoms with Crippen LogP contribution in [0.1, 0.15) is 0 Å². The first-order chi connectivity index (χ1) is 15.0. The van der Waals surface area contributed by atoms with E-state index in [1.54, 1.807) is 18.2 Å². The van der Waals surface area contributed by atoms with Gasteiger partial charge in [-0.1, -0.05) is 29.8 Å². The van der Waals surface area contributed by atoms with Crippen molar-refractivity contribution in [2.75, 3.05) is 16.0 Å². The molecule has 0 aromatic heterocycles. The molecular formula is C22H16ClN5O3. The first-order valence-corrected chi connectivity index (χ1v) is 9.38. The second-order valence-electron chi connectivity index (χ2n) is 6.26. The molecule has 3 aromatic rings. The van der Waals surface area contributed by atoms with Gasteiger partial charge in [0.2, 0.25) is 0 Å². The van der Waals surface area contributed by atoms with Gasteiger partial charge in [0.25, 0.3) is 11.6 Å². The number of nitro benzene ring substituents is 1. The van der Waals surface area contributed by atoms with Gasteiger partial charge in [-0.25, -0.2) is 0 Å². The fourth-order valence-electron chi connectivity index (χ4n) is 2.55. The second-order valence-corrected chi connectivity index (χ2v) is 6.67. The minimum atomic E-state index is -0.750. The van der Waals surface area contributed by atoms with E-state index < -0.39 is 10.8 Å². The second kappa shape index (κ2) is 9.91. The maximum absolute atomic E-state index is 12.4. The number of non-ortho nitro benzene ring substituents is 1. The molecule has 0 bridgehead atoms. The predicted molar refractivity (Wildman–Crippen MR) is 120 cm³/mol. The van der Waals surface area contributed by atoms with Gasteiger partial charge in [0.15, 0.2) is 0 Å². The Morgan fingerprint density at radius 1 is 1.00 bits per heavy atom. The number of benzene rings is 3. The molecule has 8 nitrogen and oxygen atoms in total. The Balaban J connectivity index is 1.66. The van der Waals surface area contributed by atoms with E-state index in [0.717, 1.165) is 17.4 Å². The molecule has 0 heterocycles. The van der Waals surface area contributed by atoms with Gasteiger partial charge in [0.05, 0.1) is 15.6 Å². The molecule has 0 saturated heterocycles. The molecule has 3 N–H and O–H groups in total. The molecule has 3 aromatic carbocycles. The van der Waals surface area contributed by atoms with Crippen molar-refractivity contribution in [3.05, 3.63) is 99.7 Å². The Morgan fingerprint density at radius 3 is 2.29 bits per heavy atom. The summed E-state index contributed by atoms with van der Waals surface area (Å²) in [7, 11) is 0. The van der Waals surface area contributed by atoms with Crippen LogP contribution in [-0.2, 0) is 4.79 Å². The summed E-state index contributed by atoms with van der Waals surface area (Å²) in [4.78, 5) is 22.7. The van der Waals surface area contributed by atoms with E-state index in [9.17, 15) is 20.2 Å². The summed E-state index contributed by atoms with van der Waals surface area (Å²) in [6, 6.07) is 22.4. The van der Waals surface area contributed by atoms with Crippen LogP contribution in [0.15, 0.2) is 84.6 Å². The highest BCUT2D eigenvalue weighted by Crippen LogP contribution is 2.27. The van der Waals surface area contributed by atoms with Crippen LogP contribution in [-0.4, -0.2) is 10.8 Å². The lowest BCUT2D eigenvalue weighted by Crippen LogP contribution is -2.15. The monoisotopic (exact) mass is 433 g/mol. The van der Waals surface area contributed by atoms with Crippen molar-refractivity contribution in [1.29, 1.82) is 5.26 Å². The number of para-hydroxylation sites is 1. The highest BCUT2D eigenvalue weighted by molar-refractivity contribution is 6.34. The smallest absolute Gasteiger partial charge is 0.271 e. The summed E-state index contributed by atoms with van der Waals surface area (Å²) in [5, 5.41) is 28.9. The van der Waals surface area contributed by atoms with Gasteiger partial charge in [-0.15, -0.1) is 0 Å². The fraction of sp³-hybridized carbons (Fsp3) is 0. The quantitative estimate of drug-likeness (QED) is 0.197. The first kappa shape index (κ1) is 21.4. The maximum Gasteiger partial charge on any atom is 0.271 e. The highest BCUT2D eigenvalue weighted by Gasteiger charge is 2.15. The Hall–Kier alpha value is -4.35. The molecule has 154 valence electrons. The zero-order valence-electron chi connectivity index (χ0n) is 16.0. The van der Waals surface area contributed by atoms with Crippen LogP contribution in [0, 0.1) is 21.4 Å². The van der Waals surface area contributed by atoms with E-state index in [4.69, 9.17) is 11.6 Å². The molecule has 0 spiro atoms. The van der Waals surface area contributed by atoms with Gasteiger partial charge in [-0.2, -0.15) is 5.26 Å². The molecule has 0 saturated carbocycles. The predicted octanol–water partition coefficient (Wildman–Crippen LogP) is 5.45. The van der Waals surface area contributed by atoms with Gasteiger partial charge >= 0.3 is 0 Å². The Morgan fingerprint density at radius 2 is 1.65 bits per heavy atom. The van der Waals surface area contributed by atoms with Crippen LogP contribution in [0.2, 0.25) is 5.02 Å². The first-order valence-electron chi connectivity index (χ1n) is 9.00. The lowest BCUT2D eigenvalue weighted by Gasteiger charge is -2.08. The van der Waals surface area contributed by atoms with Gasteiger partial charge in [0.1, 0.15) is 11.6 Å². The summed E-state index contributed by atoms with van der Waals surface area (Å²) in [6.45, 7) is 0. The third-order valence-corrected chi connectivity index (χ3v) is 4.43. The van der Waals surface area contributed by atoms with Gasteiger partial charge in [0, 0.05) is 35.4 Å². The summed E-state index contributed by atoms with van der Waals surface area (Å²) in [6.07, 6.45) is 1.25. The zero-order chi connectivity index (χ0) is 22.2. The Bertz CT molecular complexity index is 1170. The molecule has 31 heavy (non-hydrogen) atoms. The molecule has 0 fully saturated rings. The van der Waals surface area contributed by atoms with Crippen LogP contribution >= 0.6 is 11.6 Å². The van der Waals surface area contributed by atoms with Gasteiger partial charge < -0.3 is 16.0 Å². The summed E-state index contributed by atoms with van der Waals surface area (Å²) in [5.41, 5.74) is 2.06. The van der Waals surface area contributed by atoms with Crippen molar-refractivity contribution in [2.45, 2.75) is 0 Å². The van der Waals surface area contributed by atoms with Crippen molar-refractivity contribution in [3.63, 3.8) is 0 Å². The third-order valence-electron chi connectivity index (χ3n) is 4.10. The number of hydrogen-bond donors (Lipinski definition) is 3. The minimum absolute atomic E-state index is 0.0401. The van der Waals surface area contributed by atoms with E-state index in [1.165, 1.54) is 18.3 Å². The molecule has 9 heteroatoms. The standard InChI is InChI=1S/C22H16ClN5O3/c23-20-11-10-19(28(30)31)12-21(20)27-22(29)15(13-24)14-25-16-6-8-18(9-7-16)26-17-4-2-1-3-5-17/h1-12,14,25-26H,(H,27,29)/b15-14-. The molecule has 0 aliphatic rings. The molecule has 0 aliphatic heterocycles. The highest BCUT2D eigenvalue weighted by atomic mass is 35.5. The SMILES string of the molecule is N#C/C(=C/Nc1ccc(Nc2ccccc2)cc1)C(=O)Nc1cc([N+](=O)[O-])ccc1Cl. The van der Waals surface area contributed by atoms with Crippen LogP contribution in [0.5, 0.6) is 0 Å². The van der Waals surface area contributed by atoms with Crippen molar-refractivity contribution < 1.29 is 9.72 Å². The van der Waals surface area contributed by atoms with Crippen LogP contribution in [0.3, 0.4) is 0 Å². The van der Waals surface area contributed by atoms with Crippen LogP contribution in [0.4, 0.5) is 28.4 Å². The Labute approximate surface area is 182 Å². The molecule has 0 radical (unpaired) electrons. The third kappa shape index (κ3) is 5.82. The fourth-order valence-corrected chi connectivity index (χ4v) is 2.72. The summed E-state index contributed by atoms with van der Waals surface area (Å²) in [5.74, 6) is -0.750. The van der Waals surface area contributed by atoms with E-state index in [0.29, 0.717) is 5.69 Å². The number of carbonyl (C=O) groups is 1. The minimum Gasteiger partial charge on any atom is -0.360 e. The number of rotatable bonds is 7. The van der Waals surface area contributed by atoms with Crippen LogP contribution in [0.25, 0.3) is 0 Å². The number of nitrogens with zero attached hydrogens (tertiary/aromatic N) is 2. The van der Waals surface area contributed by atoms with Crippen LogP contribution < -0.4 is 16.0 Å². The number of nitrogens with one attached hydrogen (secondary N) is 3. The number of halogens is 1. The van der Waals surface area contributed by atoms with Gasteiger partial charge in [-0.3, -0.25) is 14.9 Å².